The molecule has 2 rings (SSSR count). The third kappa shape index (κ3) is 6.73. The molecule has 132 valence electrons. The summed E-state index contributed by atoms with van der Waals surface area (Å²) >= 11 is 5.75. The molecule has 6 nitrogen and oxygen atoms in total. The van der Waals surface area contributed by atoms with E-state index < -0.39 is 11.8 Å². The molecule has 0 saturated carbocycles. The molecule has 0 aromatic heterocycles. The molecule has 0 fully saturated rings. The quantitative estimate of drug-likeness (QED) is 0.742. The van der Waals surface area contributed by atoms with E-state index in [1.165, 1.54) is 5.56 Å². The van der Waals surface area contributed by atoms with Crippen molar-refractivity contribution in [1.29, 1.82) is 0 Å². The average Bonchev–Trinajstić information content (AvgIpc) is 2.64. The van der Waals surface area contributed by atoms with Crippen LogP contribution in [0.2, 0.25) is 5.02 Å². The fraction of sp³-hybridized carbons (Fsp3) is 0.222. The van der Waals surface area contributed by atoms with E-state index in [1.807, 2.05) is 12.1 Å². The number of amides is 2. The van der Waals surface area contributed by atoms with Crippen molar-refractivity contribution in [3.63, 3.8) is 0 Å². The van der Waals surface area contributed by atoms with Gasteiger partial charge in [-0.05, 0) is 48.4 Å². The van der Waals surface area contributed by atoms with Crippen LogP contribution in [0.15, 0.2) is 48.5 Å². The molecule has 0 radical (unpaired) electrons. The molecule has 7 heteroatoms. The Morgan fingerprint density at radius 1 is 0.840 bits per heavy atom. The normalized spacial score (nSPS) is 10.0. The maximum atomic E-state index is 11.6. The van der Waals surface area contributed by atoms with Gasteiger partial charge in [0, 0.05) is 5.02 Å². The fourth-order valence-corrected chi connectivity index (χ4v) is 1.99. The second kappa shape index (κ2) is 9.54. The number of aryl methyl sites for hydroxylation is 1. The number of hydrogen-bond donors (Lipinski definition) is 2. The van der Waals surface area contributed by atoms with Gasteiger partial charge in [-0.15, -0.1) is 0 Å². The molecule has 0 aliphatic carbocycles. The summed E-state index contributed by atoms with van der Waals surface area (Å²) in [7, 11) is 0. The highest BCUT2D eigenvalue weighted by molar-refractivity contribution is 6.30. The first kappa shape index (κ1) is 18.6. The zero-order chi connectivity index (χ0) is 18.1. The molecule has 0 saturated heterocycles. The number of rotatable bonds is 7. The van der Waals surface area contributed by atoms with E-state index in [1.54, 1.807) is 36.4 Å². The van der Waals surface area contributed by atoms with Crippen LogP contribution in [0.4, 0.5) is 0 Å². The van der Waals surface area contributed by atoms with Crippen LogP contribution in [0.3, 0.4) is 0 Å². The van der Waals surface area contributed by atoms with Crippen LogP contribution >= 0.6 is 11.6 Å². The van der Waals surface area contributed by atoms with Crippen molar-refractivity contribution in [3.8, 4) is 11.5 Å². The van der Waals surface area contributed by atoms with Crippen molar-refractivity contribution in [1.82, 2.24) is 10.9 Å². The van der Waals surface area contributed by atoms with Gasteiger partial charge in [0.1, 0.15) is 11.5 Å². The number of benzene rings is 2. The largest absolute Gasteiger partial charge is 0.484 e. The molecule has 0 aliphatic heterocycles. The van der Waals surface area contributed by atoms with Gasteiger partial charge in [0.15, 0.2) is 13.2 Å². The molecule has 0 spiro atoms. The molecule has 2 aromatic carbocycles. The minimum atomic E-state index is -0.490. The summed E-state index contributed by atoms with van der Waals surface area (Å²) in [4.78, 5) is 23.3. The topological polar surface area (TPSA) is 76.7 Å². The lowest BCUT2D eigenvalue weighted by atomic mass is 10.2. The zero-order valence-corrected chi connectivity index (χ0v) is 14.5. The summed E-state index contributed by atoms with van der Waals surface area (Å²) in [5.74, 6) is 0.129. The predicted molar refractivity (Wildman–Crippen MR) is 94.5 cm³/mol. The molecule has 0 atom stereocenters. The van der Waals surface area contributed by atoms with Gasteiger partial charge in [-0.25, -0.2) is 0 Å². The molecule has 2 N–H and O–H groups in total. The summed E-state index contributed by atoms with van der Waals surface area (Å²) in [5.41, 5.74) is 5.69. The first-order valence-electron chi connectivity index (χ1n) is 7.74. The van der Waals surface area contributed by atoms with Crippen molar-refractivity contribution in [3.05, 3.63) is 59.1 Å². The predicted octanol–water partition coefficient (Wildman–Crippen LogP) is 2.51. The van der Waals surface area contributed by atoms with Crippen LogP contribution in [-0.2, 0) is 16.0 Å². The summed E-state index contributed by atoms with van der Waals surface area (Å²) in [6.07, 6.45) is 0.935. The van der Waals surface area contributed by atoms with Gasteiger partial charge in [0.05, 0.1) is 0 Å². The van der Waals surface area contributed by atoms with Crippen LogP contribution < -0.4 is 20.3 Å². The number of nitrogens with one attached hydrogen (secondary N) is 2. The van der Waals surface area contributed by atoms with E-state index in [0.29, 0.717) is 16.5 Å². The van der Waals surface area contributed by atoms with E-state index in [0.717, 1.165) is 6.42 Å². The van der Waals surface area contributed by atoms with Crippen LogP contribution in [0, 0.1) is 0 Å². The van der Waals surface area contributed by atoms with E-state index >= 15 is 0 Å². The average molecular weight is 363 g/mol. The van der Waals surface area contributed by atoms with Gasteiger partial charge in [0.25, 0.3) is 11.8 Å². The van der Waals surface area contributed by atoms with E-state index in [2.05, 4.69) is 17.8 Å². The molecule has 0 aliphatic rings. The summed E-state index contributed by atoms with van der Waals surface area (Å²) in [6.45, 7) is 1.62. The Kier molecular flexibility index (Phi) is 7.10. The third-order valence-corrected chi connectivity index (χ3v) is 3.48. The summed E-state index contributed by atoms with van der Waals surface area (Å²) in [6, 6.07) is 14.1. The van der Waals surface area contributed by atoms with Crippen molar-refractivity contribution < 1.29 is 19.1 Å². The highest BCUT2D eigenvalue weighted by Crippen LogP contribution is 2.15. The number of carbonyl (C=O) groups is 2. The third-order valence-electron chi connectivity index (χ3n) is 3.23. The lowest BCUT2D eigenvalue weighted by Gasteiger charge is -2.10. The Bertz CT molecular complexity index is 702. The Morgan fingerprint density at radius 3 is 1.72 bits per heavy atom. The van der Waals surface area contributed by atoms with Crippen LogP contribution in [0.1, 0.15) is 12.5 Å². The molecular weight excluding hydrogens is 344 g/mol. The van der Waals surface area contributed by atoms with Crippen molar-refractivity contribution in [2.45, 2.75) is 13.3 Å². The van der Waals surface area contributed by atoms with E-state index in [4.69, 9.17) is 21.1 Å². The summed E-state index contributed by atoms with van der Waals surface area (Å²) < 4.78 is 10.6. The molecule has 2 amide bonds. The number of hydrogen-bond acceptors (Lipinski definition) is 4. The molecule has 0 unspecified atom stereocenters. The zero-order valence-electron chi connectivity index (χ0n) is 13.8. The second-order valence-corrected chi connectivity index (χ2v) is 5.56. The smallest absolute Gasteiger partial charge is 0.276 e. The lowest BCUT2D eigenvalue weighted by Crippen LogP contribution is -2.45. The highest BCUT2D eigenvalue weighted by atomic mass is 35.5. The van der Waals surface area contributed by atoms with Crippen LogP contribution in [0.5, 0.6) is 11.5 Å². The Morgan fingerprint density at radius 2 is 1.28 bits per heavy atom. The molecule has 25 heavy (non-hydrogen) atoms. The van der Waals surface area contributed by atoms with Crippen molar-refractivity contribution >= 4 is 23.4 Å². The van der Waals surface area contributed by atoms with Crippen molar-refractivity contribution in [2.75, 3.05) is 13.2 Å². The maximum absolute atomic E-state index is 11.6. The van der Waals surface area contributed by atoms with E-state index in [-0.39, 0.29) is 13.2 Å². The van der Waals surface area contributed by atoms with Gasteiger partial charge in [-0.1, -0.05) is 30.7 Å². The lowest BCUT2D eigenvalue weighted by molar-refractivity contribution is -0.131. The minimum absolute atomic E-state index is 0.205. The number of halogens is 1. The fourth-order valence-electron chi connectivity index (χ4n) is 1.86. The van der Waals surface area contributed by atoms with Crippen molar-refractivity contribution in [2.24, 2.45) is 0 Å². The van der Waals surface area contributed by atoms with E-state index in [9.17, 15) is 9.59 Å². The summed E-state index contributed by atoms with van der Waals surface area (Å²) in [5, 5.41) is 0.577. The molecule has 2 aromatic rings. The number of carbonyl (C=O) groups excluding carboxylic acids is 2. The van der Waals surface area contributed by atoms with Gasteiger partial charge >= 0.3 is 0 Å². The number of hydrazine groups is 1. The number of ether oxygens (including phenoxy) is 2. The van der Waals surface area contributed by atoms with Gasteiger partial charge < -0.3 is 9.47 Å². The monoisotopic (exact) mass is 362 g/mol. The molecule has 0 bridgehead atoms. The van der Waals surface area contributed by atoms with Gasteiger partial charge in [-0.2, -0.15) is 0 Å². The van der Waals surface area contributed by atoms with Crippen LogP contribution in [0.25, 0.3) is 0 Å². The maximum Gasteiger partial charge on any atom is 0.276 e. The first-order chi connectivity index (χ1) is 12.1. The Hall–Kier alpha value is -2.73. The molecular formula is C18H19ClN2O4. The SMILES string of the molecule is CCc1ccc(OCC(=O)NNC(=O)COc2ccc(Cl)cc2)cc1. The van der Waals surface area contributed by atoms with Gasteiger partial charge in [0.2, 0.25) is 0 Å². The molecule has 0 heterocycles. The minimum Gasteiger partial charge on any atom is -0.484 e. The van der Waals surface area contributed by atoms with Crippen LogP contribution in [-0.4, -0.2) is 25.0 Å². The highest BCUT2D eigenvalue weighted by Gasteiger charge is 2.06. The second-order valence-electron chi connectivity index (χ2n) is 5.13. The van der Waals surface area contributed by atoms with Gasteiger partial charge in [-0.3, -0.25) is 20.4 Å². The standard InChI is InChI=1S/C18H19ClN2O4/c1-2-13-3-7-15(8-4-13)24-11-17(22)20-21-18(23)12-25-16-9-5-14(19)6-10-16/h3-10H,2,11-12H2,1H3,(H,20,22)(H,21,23). The first-order valence-corrected chi connectivity index (χ1v) is 8.12. The Balaban J connectivity index is 1.64. The Labute approximate surface area is 151 Å².